The van der Waals surface area contributed by atoms with E-state index in [1.165, 1.54) is 0 Å². The number of aromatic nitrogens is 1. The van der Waals surface area contributed by atoms with Crippen molar-refractivity contribution in [2.24, 2.45) is 0 Å². The molecule has 1 atom stereocenters. The Hall–Kier alpha value is -2.66. The van der Waals surface area contributed by atoms with Crippen LogP contribution >= 0.6 is 11.3 Å². The molecule has 1 aliphatic heterocycles. The molecule has 3 aromatic rings. The first kappa shape index (κ1) is 16.8. The minimum Gasteiger partial charge on any atom is -0.479 e. The molecule has 1 aliphatic rings. The first-order valence-electron chi connectivity index (χ1n) is 8.69. The highest BCUT2D eigenvalue weighted by Crippen LogP contribution is 2.39. The molecule has 1 amide bonds. The van der Waals surface area contributed by atoms with Crippen molar-refractivity contribution in [1.29, 1.82) is 0 Å². The molecule has 5 heteroatoms. The number of hydrogen-bond acceptors (Lipinski definition) is 4. The van der Waals surface area contributed by atoms with Crippen LogP contribution in [0.15, 0.2) is 53.9 Å². The summed E-state index contributed by atoms with van der Waals surface area (Å²) in [5.74, 6) is 0.737. The molecule has 2 aromatic carbocycles. The van der Waals surface area contributed by atoms with Gasteiger partial charge in [-0.3, -0.25) is 4.79 Å². The van der Waals surface area contributed by atoms with Gasteiger partial charge in [-0.1, -0.05) is 30.3 Å². The van der Waals surface area contributed by atoms with E-state index in [-0.39, 0.29) is 11.9 Å². The molecule has 0 fully saturated rings. The molecule has 0 saturated carbocycles. The van der Waals surface area contributed by atoms with Crippen LogP contribution in [-0.4, -0.2) is 23.0 Å². The topological polar surface area (TPSA) is 42.4 Å². The van der Waals surface area contributed by atoms with Crippen molar-refractivity contribution in [2.75, 3.05) is 4.90 Å². The number of thiazole rings is 1. The summed E-state index contributed by atoms with van der Waals surface area (Å²) < 4.78 is 5.78. The van der Waals surface area contributed by atoms with Gasteiger partial charge in [0.15, 0.2) is 6.10 Å². The first-order chi connectivity index (χ1) is 12.5. The lowest BCUT2D eigenvalue weighted by Gasteiger charge is -2.35. The molecule has 0 radical (unpaired) electrons. The number of carbonyl (C=O) groups is 1. The molecular weight excluding hydrogens is 344 g/mol. The number of rotatable bonds is 3. The van der Waals surface area contributed by atoms with Gasteiger partial charge in [-0.2, -0.15) is 0 Å². The maximum Gasteiger partial charge on any atom is 0.268 e. The summed E-state index contributed by atoms with van der Waals surface area (Å²) in [5.41, 5.74) is 3.82. The molecule has 132 valence electrons. The standard InChI is InChI=1S/C21H20N2O2S/c1-13(2)23-18-11-16(9-10-19(18)25-14(3)21(23)24)17-12-26-20(22-17)15-7-5-4-6-8-15/h4-14H,1-3H3. The number of hydrogen-bond donors (Lipinski definition) is 0. The lowest BCUT2D eigenvalue weighted by molar-refractivity contribution is -0.125. The number of benzene rings is 2. The summed E-state index contributed by atoms with van der Waals surface area (Å²) in [6.45, 7) is 5.83. The molecule has 1 unspecified atom stereocenters. The average Bonchev–Trinajstić information content (AvgIpc) is 3.13. The SMILES string of the molecule is CC1Oc2ccc(-c3csc(-c4ccccc4)n3)cc2N(C(C)C)C1=O. The highest BCUT2D eigenvalue weighted by atomic mass is 32.1. The highest BCUT2D eigenvalue weighted by molar-refractivity contribution is 7.13. The van der Waals surface area contributed by atoms with E-state index in [0.717, 1.165) is 33.3 Å². The monoisotopic (exact) mass is 364 g/mol. The predicted octanol–water partition coefficient (Wildman–Crippen LogP) is 5.00. The lowest BCUT2D eigenvalue weighted by Crippen LogP contribution is -2.47. The Morgan fingerprint density at radius 2 is 1.88 bits per heavy atom. The Kier molecular flexibility index (Phi) is 4.24. The molecule has 0 bridgehead atoms. The number of nitrogens with zero attached hydrogens (tertiary/aromatic N) is 2. The smallest absolute Gasteiger partial charge is 0.268 e. The van der Waals surface area contributed by atoms with Crippen LogP contribution < -0.4 is 9.64 Å². The van der Waals surface area contributed by atoms with Crippen LogP contribution in [0, 0.1) is 0 Å². The third-order valence-electron chi connectivity index (χ3n) is 4.44. The van der Waals surface area contributed by atoms with E-state index >= 15 is 0 Å². The van der Waals surface area contributed by atoms with Crippen molar-refractivity contribution in [1.82, 2.24) is 4.98 Å². The van der Waals surface area contributed by atoms with Gasteiger partial charge in [-0.25, -0.2) is 4.98 Å². The second kappa shape index (κ2) is 6.57. The van der Waals surface area contributed by atoms with Crippen molar-refractivity contribution < 1.29 is 9.53 Å². The summed E-state index contributed by atoms with van der Waals surface area (Å²) >= 11 is 1.62. The second-order valence-electron chi connectivity index (χ2n) is 6.65. The van der Waals surface area contributed by atoms with Gasteiger partial charge in [0.2, 0.25) is 0 Å². The minimum absolute atomic E-state index is 0.00657. The molecule has 4 rings (SSSR count). The van der Waals surface area contributed by atoms with Crippen LogP contribution in [0.2, 0.25) is 0 Å². The van der Waals surface area contributed by atoms with E-state index in [1.54, 1.807) is 18.3 Å². The largest absolute Gasteiger partial charge is 0.479 e. The van der Waals surface area contributed by atoms with Crippen molar-refractivity contribution in [3.05, 3.63) is 53.9 Å². The Morgan fingerprint density at radius 1 is 1.12 bits per heavy atom. The Bertz CT molecular complexity index is 950. The number of ether oxygens (including phenoxy) is 1. The normalized spacial score (nSPS) is 16.5. The third kappa shape index (κ3) is 2.88. The van der Waals surface area contributed by atoms with Gasteiger partial charge in [0.25, 0.3) is 5.91 Å². The number of amides is 1. The maximum absolute atomic E-state index is 12.6. The van der Waals surface area contributed by atoms with Gasteiger partial charge in [0.05, 0.1) is 11.4 Å². The summed E-state index contributed by atoms with van der Waals surface area (Å²) in [4.78, 5) is 19.1. The summed E-state index contributed by atoms with van der Waals surface area (Å²) in [6, 6.07) is 16.2. The van der Waals surface area contributed by atoms with Crippen molar-refractivity contribution in [3.8, 4) is 27.6 Å². The average molecular weight is 364 g/mol. The maximum atomic E-state index is 12.6. The van der Waals surface area contributed by atoms with Crippen molar-refractivity contribution in [2.45, 2.75) is 32.9 Å². The predicted molar refractivity (Wildman–Crippen MR) is 106 cm³/mol. The Labute approximate surface area is 157 Å². The summed E-state index contributed by atoms with van der Waals surface area (Å²) in [7, 11) is 0. The second-order valence-corrected chi connectivity index (χ2v) is 7.51. The van der Waals surface area contributed by atoms with E-state index in [9.17, 15) is 4.79 Å². The summed E-state index contributed by atoms with van der Waals surface area (Å²) in [5, 5.41) is 3.04. The fraction of sp³-hybridized carbons (Fsp3) is 0.238. The van der Waals surface area contributed by atoms with Crippen LogP contribution in [0.3, 0.4) is 0 Å². The molecule has 26 heavy (non-hydrogen) atoms. The third-order valence-corrected chi connectivity index (χ3v) is 5.34. The molecule has 0 N–H and O–H groups in total. The van der Waals surface area contributed by atoms with Gasteiger partial charge in [-0.15, -0.1) is 11.3 Å². The quantitative estimate of drug-likeness (QED) is 0.657. The van der Waals surface area contributed by atoms with Gasteiger partial charge >= 0.3 is 0 Å². The lowest BCUT2D eigenvalue weighted by atomic mass is 10.1. The summed E-state index contributed by atoms with van der Waals surface area (Å²) in [6.07, 6.45) is -0.459. The zero-order chi connectivity index (χ0) is 18.3. The van der Waals surface area contributed by atoms with Crippen LogP contribution in [0.25, 0.3) is 21.8 Å². The van der Waals surface area contributed by atoms with Gasteiger partial charge in [-0.05, 0) is 39.0 Å². The van der Waals surface area contributed by atoms with Crippen molar-refractivity contribution >= 4 is 22.9 Å². The molecule has 0 saturated heterocycles. The van der Waals surface area contributed by atoms with Crippen molar-refractivity contribution in [3.63, 3.8) is 0 Å². The molecular formula is C21H20N2O2S. The number of fused-ring (bicyclic) bond motifs is 1. The fourth-order valence-electron chi connectivity index (χ4n) is 3.17. The fourth-order valence-corrected chi connectivity index (χ4v) is 4.01. The Morgan fingerprint density at radius 3 is 2.62 bits per heavy atom. The minimum atomic E-state index is -0.459. The van der Waals surface area contributed by atoms with Gasteiger partial charge in [0.1, 0.15) is 10.8 Å². The molecule has 1 aromatic heterocycles. The van der Waals surface area contributed by atoms with E-state index in [0.29, 0.717) is 0 Å². The number of anilines is 1. The van der Waals surface area contributed by atoms with E-state index in [2.05, 4.69) is 17.5 Å². The van der Waals surface area contributed by atoms with E-state index in [1.807, 2.05) is 55.1 Å². The molecule has 4 nitrogen and oxygen atoms in total. The van der Waals surface area contributed by atoms with Gasteiger partial charge < -0.3 is 9.64 Å². The van der Waals surface area contributed by atoms with E-state index in [4.69, 9.17) is 9.72 Å². The van der Waals surface area contributed by atoms with Crippen LogP contribution in [0.1, 0.15) is 20.8 Å². The van der Waals surface area contributed by atoms with Gasteiger partial charge in [0, 0.05) is 22.5 Å². The van der Waals surface area contributed by atoms with Crippen LogP contribution in [-0.2, 0) is 4.79 Å². The highest BCUT2D eigenvalue weighted by Gasteiger charge is 2.33. The molecule has 2 heterocycles. The number of carbonyl (C=O) groups excluding carboxylic acids is 1. The molecule has 0 aliphatic carbocycles. The van der Waals surface area contributed by atoms with E-state index < -0.39 is 6.10 Å². The molecule has 0 spiro atoms. The zero-order valence-corrected chi connectivity index (χ0v) is 15.8. The zero-order valence-electron chi connectivity index (χ0n) is 15.0. The first-order valence-corrected chi connectivity index (χ1v) is 9.57. The van der Waals surface area contributed by atoms with Crippen LogP contribution in [0.5, 0.6) is 5.75 Å². The Balaban J connectivity index is 1.74. The van der Waals surface area contributed by atoms with Crippen LogP contribution in [0.4, 0.5) is 5.69 Å².